The molecule has 1 aliphatic carbocycles. The van der Waals surface area contributed by atoms with Gasteiger partial charge in [0.2, 0.25) is 0 Å². The molecule has 3 nitrogen and oxygen atoms in total. The van der Waals surface area contributed by atoms with E-state index in [1.807, 2.05) is 12.1 Å². The van der Waals surface area contributed by atoms with E-state index in [1.54, 1.807) is 0 Å². The number of nitrogens with zero attached hydrogens (tertiary/aromatic N) is 1. The molecule has 0 bridgehead atoms. The molecule has 0 atom stereocenters. The fraction of sp³-hybridized carbons (Fsp3) is 0.290. The van der Waals surface area contributed by atoms with Crippen LogP contribution in [0.5, 0.6) is 5.75 Å². The van der Waals surface area contributed by atoms with Gasteiger partial charge in [0.1, 0.15) is 5.75 Å². The van der Waals surface area contributed by atoms with Crippen molar-refractivity contribution in [2.24, 2.45) is 5.92 Å². The molecule has 34 heavy (non-hydrogen) atoms. The summed E-state index contributed by atoms with van der Waals surface area (Å²) in [6.07, 6.45) is 3.08. The smallest absolute Gasteiger partial charge is 0.115 e. The number of aromatic hydroxyl groups is 1. The second kappa shape index (κ2) is 8.48. The molecule has 3 heteroatoms. The van der Waals surface area contributed by atoms with Crippen LogP contribution in [0.1, 0.15) is 53.3 Å². The van der Waals surface area contributed by atoms with Crippen LogP contribution in [-0.4, -0.2) is 28.1 Å². The molecule has 1 aromatic heterocycles. The Kier molecular flexibility index (Phi) is 5.30. The first-order valence-corrected chi connectivity index (χ1v) is 12.5. The van der Waals surface area contributed by atoms with Crippen molar-refractivity contribution in [3.63, 3.8) is 0 Å². The fourth-order valence-electron chi connectivity index (χ4n) is 5.92. The Morgan fingerprint density at radius 3 is 2.62 bits per heavy atom. The molecule has 0 radical (unpaired) electrons. The van der Waals surface area contributed by atoms with Crippen molar-refractivity contribution in [1.29, 1.82) is 0 Å². The number of phenols is 1. The molecule has 6 rings (SSSR count). The third-order valence-electron chi connectivity index (χ3n) is 7.50. The second-order valence-electron chi connectivity index (χ2n) is 10.3. The minimum atomic E-state index is 0.350. The van der Waals surface area contributed by atoms with Crippen LogP contribution in [0.25, 0.3) is 22.0 Å². The minimum absolute atomic E-state index is 0.350. The highest BCUT2D eigenvalue weighted by Gasteiger charge is 2.24. The number of rotatable bonds is 4. The fourth-order valence-corrected chi connectivity index (χ4v) is 5.92. The van der Waals surface area contributed by atoms with Crippen molar-refractivity contribution in [2.75, 3.05) is 13.1 Å². The van der Waals surface area contributed by atoms with Crippen LogP contribution in [0.4, 0.5) is 0 Å². The summed E-state index contributed by atoms with van der Waals surface area (Å²) in [5.74, 6) is 1.17. The van der Waals surface area contributed by atoms with E-state index in [-0.39, 0.29) is 0 Å². The van der Waals surface area contributed by atoms with Gasteiger partial charge in [-0.05, 0) is 101 Å². The molecule has 2 N–H and O–H groups in total. The molecular formula is C31H32N2O. The number of H-pyrrole nitrogens is 1. The number of hydrogen-bond donors (Lipinski definition) is 2. The van der Waals surface area contributed by atoms with Crippen molar-refractivity contribution in [3.8, 4) is 5.75 Å². The van der Waals surface area contributed by atoms with Gasteiger partial charge in [0.05, 0.1) is 0 Å². The summed E-state index contributed by atoms with van der Waals surface area (Å²) in [7, 11) is 0. The number of aryl methyl sites for hydroxylation is 2. The normalized spacial score (nSPS) is 17.0. The summed E-state index contributed by atoms with van der Waals surface area (Å²) >= 11 is 0. The van der Waals surface area contributed by atoms with Crippen LogP contribution in [0, 0.1) is 12.8 Å². The standard InChI is InChI=1S/C31H32N2O/c1-20-17-33(18-20)19-25-15-24-14-23(10-13-30(24)32-25)31-28-12-11-26(34)16-22(28)7-5-9-29(31)27-8-4-3-6-21(27)2/h3-4,6,8,10-16,20,32,34H,5,7,9,17-19H2,1-2H3. The largest absolute Gasteiger partial charge is 0.508 e. The van der Waals surface area contributed by atoms with Gasteiger partial charge < -0.3 is 10.1 Å². The topological polar surface area (TPSA) is 39.3 Å². The lowest BCUT2D eigenvalue weighted by Gasteiger charge is -2.36. The Bertz CT molecular complexity index is 1400. The Morgan fingerprint density at radius 2 is 1.79 bits per heavy atom. The van der Waals surface area contributed by atoms with Gasteiger partial charge in [-0.15, -0.1) is 0 Å². The van der Waals surface area contributed by atoms with Gasteiger partial charge in [0, 0.05) is 36.2 Å². The van der Waals surface area contributed by atoms with Gasteiger partial charge in [-0.3, -0.25) is 4.90 Å². The summed E-state index contributed by atoms with van der Waals surface area (Å²) in [5.41, 5.74) is 11.6. The Labute approximate surface area is 201 Å². The van der Waals surface area contributed by atoms with E-state index < -0.39 is 0 Å². The number of aromatic nitrogens is 1. The second-order valence-corrected chi connectivity index (χ2v) is 10.3. The van der Waals surface area contributed by atoms with Crippen molar-refractivity contribution in [2.45, 2.75) is 39.7 Å². The highest BCUT2D eigenvalue weighted by Crippen LogP contribution is 2.42. The zero-order valence-electron chi connectivity index (χ0n) is 20.1. The van der Waals surface area contributed by atoms with Crippen molar-refractivity contribution in [1.82, 2.24) is 9.88 Å². The monoisotopic (exact) mass is 448 g/mol. The molecule has 3 aromatic carbocycles. The maximum Gasteiger partial charge on any atom is 0.115 e. The van der Waals surface area contributed by atoms with E-state index in [1.165, 1.54) is 68.6 Å². The molecule has 4 aromatic rings. The molecule has 0 saturated carbocycles. The van der Waals surface area contributed by atoms with Gasteiger partial charge in [0.15, 0.2) is 0 Å². The quantitative estimate of drug-likeness (QED) is 0.355. The molecule has 0 amide bonds. The number of likely N-dealkylation sites (tertiary alicyclic amines) is 1. The zero-order valence-corrected chi connectivity index (χ0v) is 20.1. The number of nitrogens with one attached hydrogen (secondary N) is 1. The Hall–Kier alpha value is -3.30. The average Bonchev–Trinajstić information content (AvgIpc) is 3.11. The van der Waals surface area contributed by atoms with Crippen LogP contribution < -0.4 is 0 Å². The minimum Gasteiger partial charge on any atom is -0.508 e. The van der Waals surface area contributed by atoms with Crippen molar-refractivity contribution < 1.29 is 5.11 Å². The highest BCUT2D eigenvalue weighted by molar-refractivity contribution is 6.02. The molecule has 172 valence electrons. The molecule has 1 fully saturated rings. The van der Waals surface area contributed by atoms with Crippen LogP contribution in [0.15, 0.2) is 66.7 Å². The van der Waals surface area contributed by atoms with Crippen molar-refractivity contribution >= 4 is 22.0 Å². The van der Waals surface area contributed by atoms with Crippen LogP contribution in [-0.2, 0) is 13.0 Å². The lowest BCUT2D eigenvalue weighted by molar-refractivity contribution is 0.103. The van der Waals surface area contributed by atoms with E-state index in [0.29, 0.717) is 5.75 Å². The number of aromatic amines is 1. The lowest BCUT2D eigenvalue weighted by Crippen LogP contribution is -2.44. The molecule has 1 saturated heterocycles. The molecular weight excluding hydrogens is 416 g/mol. The summed E-state index contributed by atoms with van der Waals surface area (Å²) in [6.45, 7) is 7.90. The highest BCUT2D eigenvalue weighted by atomic mass is 16.3. The predicted octanol–water partition coefficient (Wildman–Crippen LogP) is 6.93. The number of phenolic OH excluding ortho intramolecular Hbond substituents is 1. The maximum absolute atomic E-state index is 10.2. The van der Waals surface area contributed by atoms with Gasteiger partial charge in [-0.1, -0.05) is 43.3 Å². The number of fused-ring (bicyclic) bond motifs is 2. The summed E-state index contributed by atoms with van der Waals surface area (Å²) in [6, 6.07) is 23.8. The number of allylic oxidation sites excluding steroid dienone is 1. The van der Waals surface area contributed by atoms with E-state index in [0.717, 1.165) is 31.7 Å². The molecule has 0 spiro atoms. The van der Waals surface area contributed by atoms with Crippen LogP contribution in [0.3, 0.4) is 0 Å². The van der Waals surface area contributed by atoms with E-state index in [2.05, 4.69) is 78.3 Å². The first-order valence-electron chi connectivity index (χ1n) is 12.5. The van der Waals surface area contributed by atoms with Gasteiger partial charge >= 0.3 is 0 Å². The molecule has 2 aliphatic rings. The predicted molar refractivity (Wildman–Crippen MR) is 141 cm³/mol. The summed E-state index contributed by atoms with van der Waals surface area (Å²) in [5, 5.41) is 11.5. The third-order valence-corrected chi connectivity index (χ3v) is 7.50. The molecule has 0 unspecified atom stereocenters. The first kappa shape index (κ1) is 21.2. The number of benzene rings is 3. The van der Waals surface area contributed by atoms with Gasteiger partial charge in [-0.25, -0.2) is 0 Å². The molecule has 1 aliphatic heterocycles. The lowest BCUT2D eigenvalue weighted by atomic mass is 9.86. The first-order chi connectivity index (χ1) is 16.5. The molecule has 2 heterocycles. The summed E-state index contributed by atoms with van der Waals surface area (Å²) < 4.78 is 0. The van der Waals surface area contributed by atoms with Crippen LogP contribution >= 0.6 is 0 Å². The van der Waals surface area contributed by atoms with E-state index >= 15 is 0 Å². The SMILES string of the molecule is Cc1ccccc1C1=C(c2ccc3[nH]c(CN4CC(C)C4)cc3c2)c2ccc(O)cc2CCC1. The third kappa shape index (κ3) is 3.84. The van der Waals surface area contributed by atoms with Crippen molar-refractivity contribution in [3.05, 3.63) is 100 Å². The number of hydrogen-bond acceptors (Lipinski definition) is 2. The van der Waals surface area contributed by atoms with Gasteiger partial charge in [0.25, 0.3) is 0 Å². The van der Waals surface area contributed by atoms with E-state index in [4.69, 9.17) is 0 Å². The average molecular weight is 449 g/mol. The Balaban J connectivity index is 1.50. The Morgan fingerprint density at radius 1 is 0.941 bits per heavy atom. The van der Waals surface area contributed by atoms with Crippen LogP contribution in [0.2, 0.25) is 0 Å². The zero-order chi connectivity index (χ0) is 23.2. The van der Waals surface area contributed by atoms with E-state index in [9.17, 15) is 5.11 Å². The summed E-state index contributed by atoms with van der Waals surface area (Å²) in [4.78, 5) is 6.14. The maximum atomic E-state index is 10.2. The van der Waals surface area contributed by atoms with Gasteiger partial charge in [-0.2, -0.15) is 0 Å².